The van der Waals surface area contributed by atoms with Crippen LogP contribution in [0.15, 0.2) is 0 Å². The van der Waals surface area contributed by atoms with Crippen molar-refractivity contribution in [2.24, 2.45) is 0 Å². The number of carboxylic acid groups (broad SMARTS) is 1. The predicted octanol–water partition coefficient (Wildman–Crippen LogP) is -0.624. The molecule has 0 rings (SSSR count). The van der Waals surface area contributed by atoms with Crippen molar-refractivity contribution in [1.82, 2.24) is 0 Å². The number of carbonyl (C=O) groups excluding carboxylic acids is 1. The molecular weight excluding hydrogens is 210 g/mol. The van der Waals surface area contributed by atoms with Gasteiger partial charge >= 0.3 is 70.1 Å². The van der Waals surface area contributed by atoms with Gasteiger partial charge in [0.25, 0.3) is 0 Å². The Kier molecular flexibility index (Phi) is 10.5. The number of esters is 1. The van der Waals surface area contributed by atoms with Crippen molar-refractivity contribution >= 4 is 70.1 Å². The summed E-state index contributed by atoms with van der Waals surface area (Å²) in [6.45, 7) is 1.85. The molecule has 0 aliphatic rings. The van der Waals surface area contributed by atoms with Crippen LogP contribution in [0.1, 0.15) is 13.3 Å². The molecule has 0 atom stereocenters. The van der Waals surface area contributed by atoms with Crippen molar-refractivity contribution in [2.75, 3.05) is 6.61 Å². The molecule has 0 unspecified atom stereocenters. The van der Waals surface area contributed by atoms with E-state index in [4.69, 9.17) is 5.11 Å². The van der Waals surface area contributed by atoms with Crippen molar-refractivity contribution in [3.63, 3.8) is 0 Å². The molecule has 0 aliphatic carbocycles. The summed E-state index contributed by atoms with van der Waals surface area (Å²) in [5.41, 5.74) is 0. The van der Waals surface area contributed by atoms with Crippen molar-refractivity contribution < 1.29 is 19.4 Å². The Morgan fingerprint density at radius 1 is 1.50 bits per heavy atom. The zero-order valence-electron chi connectivity index (χ0n) is 5.09. The summed E-state index contributed by atoms with van der Waals surface area (Å²) >= 11 is 0. The Morgan fingerprint density at radius 3 is 2.30 bits per heavy atom. The molecule has 0 heterocycles. The minimum absolute atomic E-state index is 0. The van der Waals surface area contributed by atoms with Gasteiger partial charge in [-0.1, -0.05) is 0 Å². The third-order valence-corrected chi connectivity index (χ3v) is 0.601. The first-order valence-electron chi connectivity index (χ1n) is 2.54. The van der Waals surface area contributed by atoms with Crippen LogP contribution in [-0.4, -0.2) is 81.8 Å². The molecule has 0 spiro atoms. The van der Waals surface area contributed by atoms with Crippen LogP contribution in [0.2, 0.25) is 0 Å². The van der Waals surface area contributed by atoms with Crippen LogP contribution in [0.25, 0.3) is 0 Å². The van der Waals surface area contributed by atoms with Crippen LogP contribution in [0.3, 0.4) is 0 Å². The molecule has 1 N–H and O–H groups in total. The first-order valence-corrected chi connectivity index (χ1v) is 2.54. The molecule has 0 aromatic heterocycles. The fourth-order valence-corrected chi connectivity index (χ4v) is 0.335. The van der Waals surface area contributed by atoms with E-state index in [2.05, 4.69) is 4.74 Å². The Hall–Kier alpha value is 0.745. The normalized spacial score (nSPS) is 7.70. The van der Waals surface area contributed by atoms with Gasteiger partial charge in [-0.05, 0) is 6.92 Å². The summed E-state index contributed by atoms with van der Waals surface area (Å²) in [5.74, 6) is -1.85. The molecule has 4 nitrogen and oxygen atoms in total. The van der Waals surface area contributed by atoms with Gasteiger partial charge in [-0.3, -0.25) is 9.59 Å². The number of hydrogen-bond donors (Lipinski definition) is 1. The van der Waals surface area contributed by atoms with Gasteiger partial charge in [0.05, 0.1) is 6.61 Å². The van der Waals surface area contributed by atoms with Crippen LogP contribution < -0.4 is 0 Å². The Morgan fingerprint density at radius 2 is 2.00 bits per heavy atom. The van der Waals surface area contributed by atoms with Crippen LogP contribution in [0.4, 0.5) is 0 Å². The van der Waals surface area contributed by atoms with Gasteiger partial charge in [-0.25, -0.2) is 0 Å². The monoisotopic (exact) mass is 218 g/mol. The zero-order valence-corrected chi connectivity index (χ0v) is 5.09. The number of aliphatic carboxylic acids is 1. The number of rotatable bonds is 3. The first-order chi connectivity index (χ1) is 4.16. The van der Waals surface area contributed by atoms with Gasteiger partial charge in [0.15, 0.2) is 0 Å². The van der Waals surface area contributed by atoms with Crippen LogP contribution in [0, 0.1) is 0 Å². The standard InChI is InChI=1S/C5H8O4.Rb.H/c1-2-9-5(8)3-4(6)7;;/h2-3H2,1H3,(H,6,7);;. The second-order valence-corrected chi connectivity index (χ2v) is 1.38. The average Bonchev–Trinajstić information content (AvgIpc) is 1.63. The van der Waals surface area contributed by atoms with E-state index >= 15 is 0 Å². The number of carbonyl (C=O) groups is 2. The predicted molar refractivity (Wildman–Crippen MR) is 36.0 cm³/mol. The summed E-state index contributed by atoms with van der Waals surface area (Å²) in [5, 5.41) is 8.01. The fourth-order valence-electron chi connectivity index (χ4n) is 0.335. The van der Waals surface area contributed by atoms with Gasteiger partial charge in [-0.15, -0.1) is 0 Å². The van der Waals surface area contributed by atoms with E-state index in [1.165, 1.54) is 0 Å². The van der Waals surface area contributed by atoms with Crippen molar-refractivity contribution in [1.29, 1.82) is 0 Å². The number of hydrogen-bond acceptors (Lipinski definition) is 3. The quantitative estimate of drug-likeness (QED) is 0.506. The van der Waals surface area contributed by atoms with Crippen molar-refractivity contribution in [2.45, 2.75) is 13.3 Å². The second kappa shape index (κ2) is 7.85. The van der Waals surface area contributed by atoms with Crippen molar-refractivity contribution in [3.05, 3.63) is 0 Å². The summed E-state index contributed by atoms with van der Waals surface area (Å²) in [6, 6.07) is 0. The first kappa shape index (κ1) is 13.3. The van der Waals surface area contributed by atoms with Gasteiger partial charge in [-0.2, -0.15) is 0 Å². The molecule has 0 saturated carbocycles. The molecule has 0 aromatic carbocycles. The molecular formula is C5H9O4Rb. The van der Waals surface area contributed by atoms with Gasteiger partial charge in [0.2, 0.25) is 0 Å². The molecule has 5 heteroatoms. The van der Waals surface area contributed by atoms with Gasteiger partial charge in [0, 0.05) is 0 Å². The van der Waals surface area contributed by atoms with E-state index in [1.54, 1.807) is 6.92 Å². The van der Waals surface area contributed by atoms with E-state index in [-0.39, 0.29) is 64.8 Å². The van der Waals surface area contributed by atoms with E-state index < -0.39 is 18.4 Å². The van der Waals surface area contributed by atoms with Crippen LogP contribution in [-0.2, 0) is 14.3 Å². The third kappa shape index (κ3) is 8.75. The molecule has 0 fully saturated rings. The summed E-state index contributed by atoms with van der Waals surface area (Å²) in [7, 11) is 0. The van der Waals surface area contributed by atoms with Crippen molar-refractivity contribution in [3.8, 4) is 0 Å². The summed E-state index contributed by atoms with van der Waals surface area (Å²) in [6.07, 6.45) is -0.548. The number of carboxylic acids is 1. The second-order valence-electron chi connectivity index (χ2n) is 1.38. The molecule has 54 valence electrons. The Balaban J connectivity index is 0. The maximum atomic E-state index is 10.3. The molecule has 0 aromatic rings. The maximum absolute atomic E-state index is 10.3. The topological polar surface area (TPSA) is 63.6 Å². The Labute approximate surface area is 108 Å². The molecule has 0 saturated heterocycles. The average molecular weight is 219 g/mol. The van der Waals surface area contributed by atoms with Gasteiger partial charge < -0.3 is 9.84 Å². The molecule has 0 amide bonds. The summed E-state index contributed by atoms with van der Waals surface area (Å²) in [4.78, 5) is 20.0. The summed E-state index contributed by atoms with van der Waals surface area (Å²) < 4.78 is 4.33. The fraction of sp³-hybridized carbons (Fsp3) is 0.600. The minimum atomic E-state index is -1.16. The number of ether oxygens (including phenoxy) is 1. The van der Waals surface area contributed by atoms with E-state index in [9.17, 15) is 9.59 Å². The van der Waals surface area contributed by atoms with E-state index in [0.717, 1.165) is 0 Å². The van der Waals surface area contributed by atoms with Gasteiger partial charge in [0.1, 0.15) is 6.42 Å². The van der Waals surface area contributed by atoms with E-state index in [1.807, 2.05) is 0 Å². The zero-order chi connectivity index (χ0) is 7.28. The van der Waals surface area contributed by atoms with Crippen LogP contribution in [0.5, 0.6) is 0 Å². The molecule has 0 aliphatic heterocycles. The molecule has 10 heavy (non-hydrogen) atoms. The molecule has 0 bridgehead atoms. The molecule has 0 radical (unpaired) electrons. The Bertz CT molecular complexity index is 123. The van der Waals surface area contributed by atoms with Crippen LogP contribution >= 0.6 is 0 Å². The SMILES string of the molecule is CCOC(=O)CC(=O)O.[RbH]. The third-order valence-electron chi connectivity index (χ3n) is 0.601. The van der Waals surface area contributed by atoms with E-state index in [0.29, 0.717) is 0 Å².